The molecule has 2 heteroatoms. The number of halogens is 1. The summed E-state index contributed by atoms with van der Waals surface area (Å²) < 4.78 is 0. The van der Waals surface area contributed by atoms with E-state index in [0.717, 1.165) is 11.1 Å². The molecule has 0 fully saturated rings. The van der Waals surface area contributed by atoms with Gasteiger partial charge in [0, 0.05) is 0 Å². The van der Waals surface area contributed by atoms with Crippen molar-refractivity contribution in [3.63, 3.8) is 0 Å². The van der Waals surface area contributed by atoms with Crippen molar-refractivity contribution < 1.29 is 12.4 Å². The molecule has 4 radical (unpaired) electrons. The third kappa shape index (κ3) is 8.21. The van der Waals surface area contributed by atoms with E-state index in [-0.39, 0.29) is 38.3 Å². The molecule has 0 saturated heterocycles. The monoisotopic (exact) mass is 356 g/mol. The number of hydrogen-bond acceptors (Lipinski definition) is 0. The van der Waals surface area contributed by atoms with Crippen molar-refractivity contribution in [3.05, 3.63) is 84.9 Å². The minimum absolute atomic E-state index is 0. The smallest absolute Gasteiger partial charge is 1.00 e. The van der Waals surface area contributed by atoms with E-state index in [4.69, 9.17) is 13.2 Å². The van der Waals surface area contributed by atoms with Gasteiger partial charge in [0.1, 0.15) is 0 Å². The van der Waals surface area contributed by atoms with Crippen LogP contribution in [0, 0.1) is 13.2 Å². The fourth-order valence-electron chi connectivity index (χ4n) is 1.13. The third-order valence-electron chi connectivity index (χ3n) is 1.98. The van der Waals surface area contributed by atoms with E-state index in [1.54, 1.807) is 12.2 Å². The summed E-state index contributed by atoms with van der Waals surface area (Å²) >= 11 is 0. The van der Waals surface area contributed by atoms with Crippen LogP contribution < -0.4 is 12.4 Å². The molecule has 0 amide bonds. The van der Waals surface area contributed by atoms with Gasteiger partial charge >= 0.3 is 25.8 Å². The van der Waals surface area contributed by atoms with Gasteiger partial charge in [-0.25, -0.2) is 0 Å². The third-order valence-corrected chi connectivity index (χ3v) is 1.98. The molecular formula is C16H14ClIn. The molecule has 0 aromatic heterocycles. The first kappa shape index (κ1) is 19.4. The van der Waals surface area contributed by atoms with Gasteiger partial charge in [0.2, 0.25) is 0 Å². The average Bonchev–Trinajstić information content (AvgIpc) is 2.41. The summed E-state index contributed by atoms with van der Waals surface area (Å²) in [6.07, 6.45) is 3.17. The van der Waals surface area contributed by atoms with E-state index in [9.17, 15) is 0 Å². The first-order chi connectivity index (χ1) is 7.86. The standard InChI is InChI=1S/2C8H7.ClH.In/c2*1-2-8-6-4-3-5-7-8;;/h2*1-7H;1H;/q;;;+1/p-1. The second-order valence-electron chi connectivity index (χ2n) is 3.15. The average molecular weight is 357 g/mol. The molecule has 0 aliphatic rings. The molecule has 0 atom stereocenters. The minimum atomic E-state index is 0. The first-order valence-corrected chi connectivity index (χ1v) is 5.07. The Labute approximate surface area is 135 Å². The second-order valence-corrected chi connectivity index (χ2v) is 3.15. The van der Waals surface area contributed by atoms with Crippen molar-refractivity contribution in [2.24, 2.45) is 0 Å². The Bertz CT molecular complexity index is 380. The SMILES string of the molecule is [CH]=Cc1ccccc1.[CH]=Cc1ccccc1.[Cl-].[In+]. The summed E-state index contributed by atoms with van der Waals surface area (Å²) in [5, 5.41) is 0. The number of hydrogen-bond donors (Lipinski definition) is 0. The van der Waals surface area contributed by atoms with E-state index in [1.165, 1.54) is 0 Å². The maximum Gasteiger partial charge on any atom is 1.00 e. The van der Waals surface area contributed by atoms with Crippen LogP contribution in [0.25, 0.3) is 12.2 Å². The Kier molecular flexibility index (Phi) is 13.5. The molecule has 0 unspecified atom stereocenters. The molecule has 0 heterocycles. The number of benzene rings is 2. The van der Waals surface area contributed by atoms with Crippen molar-refractivity contribution >= 4 is 38.0 Å². The van der Waals surface area contributed by atoms with Gasteiger partial charge in [0.05, 0.1) is 0 Å². The molecule has 0 spiro atoms. The van der Waals surface area contributed by atoms with E-state index in [0.29, 0.717) is 0 Å². The molecule has 0 bridgehead atoms. The second kappa shape index (κ2) is 12.5. The van der Waals surface area contributed by atoms with Gasteiger partial charge in [-0.15, -0.1) is 0 Å². The molecule has 0 nitrogen and oxygen atoms in total. The molecule has 0 aliphatic carbocycles. The van der Waals surface area contributed by atoms with Crippen molar-refractivity contribution in [2.45, 2.75) is 0 Å². The first-order valence-electron chi connectivity index (χ1n) is 5.07. The largest absolute Gasteiger partial charge is 1.00 e. The Morgan fingerprint density at radius 3 is 1.06 bits per heavy atom. The number of rotatable bonds is 2. The van der Waals surface area contributed by atoms with Crippen LogP contribution in [-0.4, -0.2) is 25.8 Å². The summed E-state index contributed by atoms with van der Waals surface area (Å²) in [6.45, 7) is 10.4. The zero-order chi connectivity index (χ0) is 11.6. The van der Waals surface area contributed by atoms with E-state index < -0.39 is 0 Å². The fraction of sp³-hybridized carbons (Fsp3) is 0. The Morgan fingerprint density at radius 1 is 0.611 bits per heavy atom. The normalized spacial score (nSPS) is 7.56. The summed E-state index contributed by atoms with van der Waals surface area (Å²) in [5.74, 6) is 0. The van der Waals surface area contributed by atoms with Gasteiger partial charge in [0.15, 0.2) is 0 Å². The van der Waals surface area contributed by atoms with E-state index in [2.05, 4.69) is 0 Å². The molecule has 18 heavy (non-hydrogen) atoms. The van der Waals surface area contributed by atoms with Gasteiger partial charge in [-0.2, -0.15) is 0 Å². The molecule has 2 aromatic rings. The van der Waals surface area contributed by atoms with Crippen molar-refractivity contribution in [2.75, 3.05) is 0 Å². The van der Waals surface area contributed by atoms with Gasteiger partial charge in [-0.3, -0.25) is 0 Å². The quantitative estimate of drug-likeness (QED) is 0.750. The zero-order valence-electron chi connectivity index (χ0n) is 10.0. The molecule has 2 aromatic carbocycles. The maximum atomic E-state index is 5.22. The zero-order valence-corrected chi connectivity index (χ0v) is 14.1. The predicted molar refractivity (Wildman–Crippen MR) is 76.2 cm³/mol. The molecule has 2 rings (SSSR count). The molecular weight excluding hydrogens is 342 g/mol. The van der Waals surface area contributed by atoms with E-state index >= 15 is 0 Å². The van der Waals surface area contributed by atoms with Gasteiger partial charge in [-0.05, 0) is 11.1 Å². The molecule has 0 aliphatic heterocycles. The van der Waals surface area contributed by atoms with Crippen LogP contribution in [-0.2, 0) is 0 Å². The van der Waals surface area contributed by atoms with Crippen LogP contribution in [0.3, 0.4) is 0 Å². The maximum absolute atomic E-state index is 5.22. The van der Waals surface area contributed by atoms with Crippen molar-refractivity contribution in [1.29, 1.82) is 0 Å². The summed E-state index contributed by atoms with van der Waals surface area (Å²) in [5.41, 5.74) is 2.13. The van der Waals surface area contributed by atoms with Crippen LogP contribution in [0.4, 0.5) is 0 Å². The van der Waals surface area contributed by atoms with Crippen molar-refractivity contribution in [3.8, 4) is 0 Å². The topological polar surface area (TPSA) is 0 Å². The molecule has 88 valence electrons. The Balaban J connectivity index is 0. The summed E-state index contributed by atoms with van der Waals surface area (Å²) in [4.78, 5) is 0. The predicted octanol–water partition coefficient (Wildman–Crippen LogP) is 0.889. The Morgan fingerprint density at radius 2 is 0.889 bits per heavy atom. The van der Waals surface area contributed by atoms with Crippen LogP contribution >= 0.6 is 0 Å². The van der Waals surface area contributed by atoms with Gasteiger partial charge in [-0.1, -0.05) is 86.0 Å². The molecule has 0 N–H and O–H groups in total. The van der Waals surface area contributed by atoms with Crippen LogP contribution in [0.5, 0.6) is 0 Å². The minimum Gasteiger partial charge on any atom is -1.00 e. The van der Waals surface area contributed by atoms with Gasteiger partial charge in [0.25, 0.3) is 0 Å². The van der Waals surface area contributed by atoms with Crippen LogP contribution in [0.1, 0.15) is 11.1 Å². The van der Waals surface area contributed by atoms with Gasteiger partial charge < -0.3 is 12.4 Å². The molecule has 0 saturated carbocycles. The fourth-order valence-corrected chi connectivity index (χ4v) is 1.13. The summed E-state index contributed by atoms with van der Waals surface area (Å²) in [7, 11) is 0. The van der Waals surface area contributed by atoms with Crippen LogP contribution in [0.2, 0.25) is 0 Å². The van der Waals surface area contributed by atoms with E-state index in [1.807, 2.05) is 60.7 Å². The summed E-state index contributed by atoms with van der Waals surface area (Å²) in [6, 6.07) is 19.6. The van der Waals surface area contributed by atoms with Crippen molar-refractivity contribution in [1.82, 2.24) is 0 Å². The Hall–Kier alpha value is -0.920. The van der Waals surface area contributed by atoms with Crippen LogP contribution in [0.15, 0.2) is 60.7 Å².